The van der Waals surface area contributed by atoms with Crippen LogP contribution < -0.4 is 15.2 Å². The number of imidazole rings is 1. The summed E-state index contributed by atoms with van der Waals surface area (Å²) in [6, 6.07) is 11.2. The highest BCUT2D eigenvalue weighted by molar-refractivity contribution is 5.96. The Hall–Kier alpha value is -3.19. The standard InChI is InChI=1S/C21H24N4O3/c1-14(2)20(26)18-13-25(16-5-7-17(8-6-16)28-11-10-22)21(24-18)15-4-9-19(27-3)23-12-15/h4-9,12-14H,10-11,22H2,1-3H3. The van der Waals surface area contributed by atoms with Crippen LogP contribution in [0.1, 0.15) is 24.3 Å². The molecule has 0 amide bonds. The minimum atomic E-state index is -0.141. The van der Waals surface area contributed by atoms with Gasteiger partial charge in [-0.15, -0.1) is 0 Å². The molecule has 3 rings (SSSR count). The highest BCUT2D eigenvalue weighted by Gasteiger charge is 2.19. The molecule has 0 atom stereocenters. The Labute approximate surface area is 164 Å². The maximum absolute atomic E-state index is 12.5. The van der Waals surface area contributed by atoms with Crippen LogP contribution >= 0.6 is 0 Å². The summed E-state index contributed by atoms with van der Waals surface area (Å²) in [5.41, 5.74) is 7.54. The van der Waals surface area contributed by atoms with Gasteiger partial charge in [0.25, 0.3) is 0 Å². The van der Waals surface area contributed by atoms with Gasteiger partial charge in [0, 0.05) is 42.2 Å². The fourth-order valence-electron chi connectivity index (χ4n) is 2.71. The molecule has 0 spiro atoms. The van der Waals surface area contributed by atoms with Gasteiger partial charge < -0.3 is 15.2 Å². The molecule has 2 heterocycles. The number of ether oxygens (including phenoxy) is 2. The number of pyridine rings is 1. The average Bonchev–Trinajstić information content (AvgIpc) is 3.17. The summed E-state index contributed by atoms with van der Waals surface area (Å²) in [5.74, 6) is 1.73. The number of nitrogens with two attached hydrogens (primary N) is 1. The Morgan fingerprint density at radius 2 is 1.93 bits per heavy atom. The first-order valence-corrected chi connectivity index (χ1v) is 9.10. The fourth-order valence-corrected chi connectivity index (χ4v) is 2.71. The van der Waals surface area contributed by atoms with Gasteiger partial charge >= 0.3 is 0 Å². The third-order valence-corrected chi connectivity index (χ3v) is 4.19. The maximum Gasteiger partial charge on any atom is 0.212 e. The summed E-state index contributed by atoms with van der Waals surface area (Å²) >= 11 is 0. The van der Waals surface area contributed by atoms with Gasteiger partial charge in [-0.1, -0.05) is 13.8 Å². The molecule has 2 N–H and O–H groups in total. The fraction of sp³-hybridized carbons (Fsp3) is 0.286. The highest BCUT2D eigenvalue weighted by Crippen LogP contribution is 2.26. The largest absolute Gasteiger partial charge is 0.492 e. The number of ketones is 1. The van der Waals surface area contributed by atoms with E-state index in [1.807, 2.05) is 48.7 Å². The minimum absolute atomic E-state index is 0.00984. The number of carbonyl (C=O) groups is 1. The van der Waals surface area contributed by atoms with Crippen LogP contribution in [-0.2, 0) is 0 Å². The quantitative estimate of drug-likeness (QED) is 0.604. The van der Waals surface area contributed by atoms with Gasteiger partial charge in [-0.25, -0.2) is 9.97 Å². The first-order chi connectivity index (χ1) is 13.5. The summed E-state index contributed by atoms with van der Waals surface area (Å²) in [6.45, 7) is 4.64. The normalized spacial score (nSPS) is 10.9. The van der Waals surface area contributed by atoms with Crippen LogP contribution in [0.5, 0.6) is 11.6 Å². The summed E-state index contributed by atoms with van der Waals surface area (Å²) < 4.78 is 12.5. The van der Waals surface area contributed by atoms with E-state index < -0.39 is 0 Å². The monoisotopic (exact) mass is 380 g/mol. The number of carbonyl (C=O) groups excluding carboxylic acids is 1. The second kappa shape index (κ2) is 8.67. The third-order valence-electron chi connectivity index (χ3n) is 4.19. The van der Waals surface area contributed by atoms with E-state index in [0.29, 0.717) is 30.5 Å². The summed E-state index contributed by atoms with van der Waals surface area (Å²) in [5, 5.41) is 0. The van der Waals surface area contributed by atoms with E-state index in [-0.39, 0.29) is 11.7 Å². The van der Waals surface area contributed by atoms with Crippen LogP contribution in [0.25, 0.3) is 17.1 Å². The van der Waals surface area contributed by atoms with Gasteiger partial charge in [0.2, 0.25) is 5.88 Å². The Bertz CT molecular complexity index is 931. The van der Waals surface area contributed by atoms with Crippen molar-refractivity contribution >= 4 is 5.78 Å². The zero-order valence-corrected chi connectivity index (χ0v) is 16.3. The number of Topliss-reactive ketones (excluding diaryl/α,β-unsaturated/α-hetero) is 1. The van der Waals surface area contributed by atoms with Crippen LogP contribution in [0, 0.1) is 5.92 Å². The summed E-state index contributed by atoms with van der Waals surface area (Å²) in [6.07, 6.45) is 3.44. The summed E-state index contributed by atoms with van der Waals surface area (Å²) in [4.78, 5) is 21.3. The van der Waals surface area contributed by atoms with Crippen molar-refractivity contribution in [2.45, 2.75) is 13.8 Å². The molecule has 7 heteroatoms. The van der Waals surface area contributed by atoms with Crippen molar-refractivity contribution in [2.75, 3.05) is 20.3 Å². The van der Waals surface area contributed by atoms with Crippen LogP contribution in [-0.4, -0.2) is 40.6 Å². The van der Waals surface area contributed by atoms with E-state index in [1.165, 1.54) is 0 Å². The SMILES string of the molecule is COc1ccc(-c2nc(C(=O)C(C)C)cn2-c2ccc(OCCN)cc2)cn1. The van der Waals surface area contributed by atoms with Gasteiger partial charge in [-0.3, -0.25) is 9.36 Å². The molecular formula is C21H24N4O3. The number of rotatable bonds is 8. The van der Waals surface area contributed by atoms with E-state index in [0.717, 1.165) is 17.0 Å². The smallest absolute Gasteiger partial charge is 0.212 e. The van der Waals surface area contributed by atoms with Crippen molar-refractivity contribution in [2.24, 2.45) is 11.7 Å². The van der Waals surface area contributed by atoms with Gasteiger partial charge in [-0.2, -0.15) is 0 Å². The number of benzene rings is 1. The van der Waals surface area contributed by atoms with Crippen molar-refractivity contribution in [1.82, 2.24) is 14.5 Å². The molecule has 0 bridgehead atoms. The molecule has 0 fully saturated rings. The number of hydrogen-bond donors (Lipinski definition) is 1. The van der Waals surface area contributed by atoms with Gasteiger partial charge in [0.15, 0.2) is 5.78 Å². The van der Waals surface area contributed by atoms with E-state index in [2.05, 4.69) is 9.97 Å². The molecule has 0 aliphatic heterocycles. The van der Waals surface area contributed by atoms with Crippen molar-refractivity contribution in [3.63, 3.8) is 0 Å². The van der Waals surface area contributed by atoms with Crippen molar-refractivity contribution in [3.05, 3.63) is 54.5 Å². The predicted molar refractivity (Wildman–Crippen MR) is 107 cm³/mol. The second-order valence-electron chi connectivity index (χ2n) is 6.56. The van der Waals surface area contributed by atoms with Crippen molar-refractivity contribution in [1.29, 1.82) is 0 Å². The molecule has 0 aliphatic rings. The lowest BCUT2D eigenvalue weighted by Gasteiger charge is -2.10. The number of nitrogens with zero attached hydrogens (tertiary/aromatic N) is 3. The predicted octanol–water partition coefficient (Wildman–Crippen LogP) is 3.12. The number of aromatic nitrogens is 3. The molecule has 1 aromatic carbocycles. The van der Waals surface area contributed by atoms with Crippen LogP contribution in [0.3, 0.4) is 0 Å². The Kier molecular flexibility index (Phi) is 6.06. The first kappa shape index (κ1) is 19.6. The molecule has 7 nitrogen and oxygen atoms in total. The summed E-state index contributed by atoms with van der Waals surface area (Å²) in [7, 11) is 1.57. The molecule has 0 radical (unpaired) electrons. The highest BCUT2D eigenvalue weighted by atomic mass is 16.5. The molecule has 0 unspecified atom stereocenters. The molecule has 0 saturated carbocycles. The van der Waals surface area contributed by atoms with E-state index in [4.69, 9.17) is 15.2 Å². The van der Waals surface area contributed by atoms with Crippen molar-refractivity contribution in [3.8, 4) is 28.7 Å². The minimum Gasteiger partial charge on any atom is -0.492 e. The number of methoxy groups -OCH3 is 1. The Balaban J connectivity index is 2.03. The Morgan fingerprint density at radius 1 is 1.18 bits per heavy atom. The molecule has 0 aliphatic carbocycles. The average molecular weight is 380 g/mol. The first-order valence-electron chi connectivity index (χ1n) is 9.10. The molecule has 28 heavy (non-hydrogen) atoms. The Morgan fingerprint density at radius 3 is 2.50 bits per heavy atom. The van der Waals surface area contributed by atoms with Gasteiger partial charge in [-0.05, 0) is 30.3 Å². The molecular weight excluding hydrogens is 356 g/mol. The lowest BCUT2D eigenvalue weighted by molar-refractivity contribution is 0.0935. The van der Waals surface area contributed by atoms with Crippen LogP contribution in [0.2, 0.25) is 0 Å². The molecule has 0 saturated heterocycles. The van der Waals surface area contributed by atoms with Gasteiger partial charge in [0.05, 0.1) is 7.11 Å². The topological polar surface area (TPSA) is 92.3 Å². The second-order valence-corrected chi connectivity index (χ2v) is 6.56. The molecule has 146 valence electrons. The van der Waals surface area contributed by atoms with E-state index in [1.54, 1.807) is 25.6 Å². The molecule has 2 aromatic heterocycles. The zero-order valence-electron chi connectivity index (χ0n) is 16.3. The maximum atomic E-state index is 12.5. The van der Waals surface area contributed by atoms with E-state index >= 15 is 0 Å². The number of hydrogen-bond acceptors (Lipinski definition) is 6. The van der Waals surface area contributed by atoms with E-state index in [9.17, 15) is 4.79 Å². The lowest BCUT2D eigenvalue weighted by Crippen LogP contribution is -2.10. The van der Waals surface area contributed by atoms with Crippen LogP contribution in [0.4, 0.5) is 0 Å². The lowest BCUT2D eigenvalue weighted by atomic mass is 10.1. The van der Waals surface area contributed by atoms with Crippen molar-refractivity contribution < 1.29 is 14.3 Å². The zero-order chi connectivity index (χ0) is 20.1. The third kappa shape index (κ3) is 4.20. The molecule has 3 aromatic rings. The van der Waals surface area contributed by atoms with Gasteiger partial charge in [0.1, 0.15) is 23.9 Å². The van der Waals surface area contributed by atoms with Crippen LogP contribution in [0.15, 0.2) is 48.8 Å².